The highest BCUT2D eigenvalue weighted by molar-refractivity contribution is 7.89. The molecule has 0 spiro atoms. The van der Waals surface area contributed by atoms with Crippen LogP contribution in [0.4, 0.5) is 5.69 Å². The zero-order valence-electron chi connectivity index (χ0n) is 10.0. The minimum absolute atomic E-state index is 0.0328. The summed E-state index contributed by atoms with van der Waals surface area (Å²) in [6.07, 6.45) is 0. The van der Waals surface area contributed by atoms with Gasteiger partial charge < -0.3 is 5.32 Å². The molecule has 1 unspecified atom stereocenters. The Balaban J connectivity index is 2.38. The number of sulfonamides is 1. The highest BCUT2D eigenvalue weighted by Crippen LogP contribution is 2.40. The van der Waals surface area contributed by atoms with Gasteiger partial charge >= 0.3 is 0 Å². The van der Waals surface area contributed by atoms with Gasteiger partial charge in [0.05, 0.1) is 10.6 Å². The average molecular weight is 291 g/mol. The van der Waals surface area contributed by atoms with E-state index in [1.807, 2.05) is 0 Å². The van der Waals surface area contributed by atoms with Gasteiger partial charge in [-0.15, -0.1) is 4.91 Å². The summed E-state index contributed by atoms with van der Waals surface area (Å²) < 4.78 is 23.1. The first-order chi connectivity index (χ1) is 9.43. The van der Waals surface area contributed by atoms with Crippen LogP contribution in [0.1, 0.15) is 11.6 Å². The fourth-order valence-corrected chi connectivity index (χ4v) is 3.15. The lowest BCUT2D eigenvalue weighted by Gasteiger charge is -2.08. The van der Waals surface area contributed by atoms with Crippen molar-refractivity contribution in [2.75, 3.05) is 5.32 Å². The zero-order chi connectivity index (χ0) is 14.5. The fraction of sp³-hybridized carbons (Fsp3) is 0.0833. The van der Waals surface area contributed by atoms with Gasteiger partial charge in [0, 0.05) is 16.3 Å². The number of carbonyl (C=O) groups is 1. The third-order valence-corrected chi connectivity index (χ3v) is 4.23. The van der Waals surface area contributed by atoms with E-state index in [2.05, 4.69) is 10.5 Å². The quantitative estimate of drug-likeness (QED) is 0.809. The van der Waals surface area contributed by atoms with Crippen LogP contribution < -0.4 is 10.5 Å². The Kier molecular flexibility index (Phi) is 2.59. The molecule has 0 radical (unpaired) electrons. The lowest BCUT2D eigenvalue weighted by Crippen LogP contribution is -2.12. The largest absolute Gasteiger partial charge is 0.323 e. The van der Waals surface area contributed by atoms with Crippen molar-refractivity contribution >= 4 is 32.4 Å². The van der Waals surface area contributed by atoms with Crippen LogP contribution in [0.2, 0.25) is 0 Å². The second-order valence-corrected chi connectivity index (χ2v) is 5.95. The molecule has 7 nitrogen and oxygen atoms in total. The maximum absolute atomic E-state index is 11.6. The van der Waals surface area contributed by atoms with Gasteiger partial charge in [-0.1, -0.05) is 29.4 Å². The number of hydrogen-bond acceptors (Lipinski definition) is 5. The van der Waals surface area contributed by atoms with Crippen molar-refractivity contribution in [3.63, 3.8) is 0 Å². The Morgan fingerprint density at radius 2 is 1.90 bits per heavy atom. The molecule has 102 valence electrons. The Morgan fingerprint density at radius 1 is 1.15 bits per heavy atom. The van der Waals surface area contributed by atoms with Gasteiger partial charge in [0.25, 0.3) is 5.91 Å². The normalized spacial score (nSPS) is 17.9. The number of primary sulfonamides is 1. The first-order valence-corrected chi connectivity index (χ1v) is 7.20. The van der Waals surface area contributed by atoms with Crippen molar-refractivity contribution in [2.45, 2.75) is 10.9 Å². The third-order valence-electron chi connectivity index (χ3n) is 3.26. The standard InChI is InChI=1S/C12H9N3O4S/c13-20(18,19)9-3-1-2-7-6(9)4-5-8-10(7)14-12(16)11(8)15-17/h1-5,11H,(H,14,16)(H2,13,18,19). The molecule has 2 aromatic carbocycles. The Labute approximate surface area is 113 Å². The van der Waals surface area contributed by atoms with Crippen molar-refractivity contribution in [2.24, 2.45) is 10.3 Å². The van der Waals surface area contributed by atoms with Crippen LogP contribution in [-0.2, 0) is 14.8 Å². The summed E-state index contributed by atoms with van der Waals surface area (Å²) in [5.41, 5.74) is 0.840. The van der Waals surface area contributed by atoms with Crippen LogP contribution in [0.25, 0.3) is 10.8 Å². The van der Waals surface area contributed by atoms with E-state index >= 15 is 0 Å². The third kappa shape index (κ3) is 1.69. The van der Waals surface area contributed by atoms with Gasteiger partial charge in [0.15, 0.2) is 6.04 Å². The van der Waals surface area contributed by atoms with Gasteiger partial charge in [-0.3, -0.25) is 4.79 Å². The average Bonchev–Trinajstić information content (AvgIpc) is 2.72. The smallest absolute Gasteiger partial charge is 0.257 e. The second-order valence-electron chi connectivity index (χ2n) is 4.42. The molecule has 0 fully saturated rings. The van der Waals surface area contributed by atoms with E-state index in [-0.39, 0.29) is 4.90 Å². The van der Waals surface area contributed by atoms with E-state index in [1.54, 1.807) is 6.07 Å². The SMILES string of the molecule is NS(=O)(=O)c1cccc2c3c(ccc12)C(N=O)C(=O)N3. The summed E-state index contributed by atoms with van der Waals surface area (Å²) in [7, 11) is -3.88. The van der Waals surface area contributed by atoms with Crippen molar-refractivity contribution < 1.29 is 13.2 Å². The molecule has 1 aliphatic rings. The fourth-order valence-electron chi connectivity index (χ4n) is 2.40. The van der Waals surface area contributed by atoms with Crippen molar-refractivity contribution in [1.29, 1.82) is 0 Å². The molecule has 1 atom stereocenters. The molecule has 0 saturated heterocycles. The van der Waals surface area contributed by atoms with E-state index in [1.165, 1.54) is 24.3 Å². The van der Waals surface area contributed by atoms with Crippen molar-refractivity contribution in [1.82, 2.24) is 0 Å². The number of rotatable bonds is 2. The van der Waals surface area contributed by atoms with Crippen LogP contribution in [0.15, 0.2) is 40.4 Å². The molecule has 8 heteroatoms. The van der Waals surface area contributed by atoms with Crippen LogP contribution in [-0.4, -0.2) is 14.3 Å². The van der Waals surface area contributed by atoms with Crippen LogP contribution in [0.3, 0.4) is 0 Å². The molecule has 3 rings (SSSR count). The highest BCUT2D eigenvalue weighted by atomic mass is 32.2. The van der Waals surface area contributed by atoms with E-state index in [0.29, 0.717) is 22.0 Å². The van der Waals surface area contributed by atoms with E-state index < -0.39 is 22.0 Å². The minimum Gasteiger partial charge on any atom is -0.323 e. The maximum Gasteiger partial charge on any atom is 0.257 e. The Morgan fingerprint density at radius 3 is 2.55 bits per heavy atom. The molecular weight excluding hydrogens is 282 g/mol. The molecule has 0 aliphatic carbocycles. The van der Waals surface area contributed by atoms with E-state index in [9.17, 15) is 18.1 Å². The Hall–Kier alpha value is -2.32. The number of fused-ring (bicyclic) bond motifs is 3. The Bertz CT molecular complexity index is 860. The monoisotopic (exact) mass is 291 g/mol. The summed E-state index contributed by atoms with van der Waals surface area (Å²) in [6, 6.07) is 6.48. The van der Waals surface area contributed by atoms with Gasteiger partial charge in [0.1, 0.15) is 0 Å². The number of amides is 1. The molecule has 0 aromatic heterocycles. The van der Waals surface area contributed by atoms with Gasteiger partial charge in [0.2, 0.25) is 10.0 Å². The van der Waals surface area contributed by atoms with Crippen LogP contribution in [0, 0.1) is 4.91 Å². The number of benzene rings is 2. The number of carbonyl (C=O) groups excluding carboxylic acids is 1. The molecule has 1 aliphatic heterocycles. The molecule has 1 amide bonds. The van der Waals surface area contributed by atoms with Crippen molar-refractivity contribution in [3.05, 3.63) is 40.8 Å². The predicted octanol–water partition coefficient (Wildman–Crippen LogP) is 1.25. The summed E-state index contributed by atoms with van der Waals surface area (Å²) >= 11 is 0. The molecular formula is C12H9N3O4S. The lowest BCUT2D eigenvalue weighted by molar-refractivity contribution is -0.116. The second kappa shape index (κ2) is 4.09. The molecule has 20 heavy (non-hydrogen) atoms. The first kappa shape index (κ1) is 12.7. The van der Waals surface area contributed by atoms with Crippen LogP contribution >= 0.6 is 0 Å². The number of nitrogens with one attached hydrogen (secondary N) is 1. The maximum atomic E-state index is 11.6. The van der Waals surface area contributed by atoms with Crippen molar-refractivity contribution in [3.8, 4) is 0 Å². The molecule has 0 bridgehead atoms. The van der Waals surface area contributed by atoms with Crippen LogP contribution in [0.5, 0.6) is 0 Å². The topological polar surface area (TPSA) is 119 Å². The molecule has 0 saturated carbocycles. The number of nitrogens with two attached hydrogens (primary N) is 1. The lowest BCUT2D eigenvalue weighted by atomic mass is 10.0. The number of nitroso groups, excluding NO2 is 1. The highest BCUT2D eigenvalue weighted by Gasteiger charge is 2.33. The van der Waals surface area contributed by atoms with Gasteiger partial charge in [-0.2, -0.15) is 0 Å². The van der Waals surface area contributed by atoms with E-state index in [0.717, 1.165) is 0 Å². The summed E-state index contributed by atoms with van der Waals surface area (Å²) in [4.78, 5) is 22.3. The zero-order valence-corrected chi connectivity index (χ0v) is 10.8. The minimum atomic E-state index is -3.88. The summed E-state index contributed by atoms with van der Waals surface area (Å²) in [6.45, 7) is 0. The summed E-state index contributed by atoms with van der Waals surface area (Å²) in [5.74, 6) is -0.525. The molecule has 1 heterocycles. The number of anilines is 1. The predicted molar refractivity (Wildman–Crippen MR) is 72.5 cm³/mol. The summed E-state index contributed by atoms with van der Waals surface area (Å²) in [5, 5.41) is 11.4. The molecule has 3 N–H and O–H groups in total. The number of nitrogens with zero attached hydrogens (tertiary/aromatic N) is 1. The van der Waals surface area contributed by atoms with E-state index in [4.69, 9.17) is 5.14 Å². The number of hydrogen-bond donors (Lipinski definition) is 2. The van der Waals surface area contributed by atoms with Gasteiger partial charge in [-0.05, 0) is 6.07 Å². The first-order valence-electron chi connectivity index (χ1n) is 5.65. The molecule has 2 aromatic rings. The van der Waals surface area contributed by atoms with Gasteiger partial charge in [-0.25, -0.2) is 13.6 Å².